The molecular weight excluding hydrogens is 371 g/mol. The summed E-state index contributed by atoms with van der Waals surface area (Å²) in [5.41, 5.74) is -7.45. The van der Waals surface area contributed by atoms with Gasteiger partial charge in [0.1, 0.15) is 11.2 Å². The Kier molecular flexibility index (Phi) is 4.36. The van der Waals surface area contributed by atoms with E-state index in [1.54, 1.807) is 0 Å². The van der Waals surface area contributed by atoms with Crippen LogP contribution < -0.4 is 9.08 Å². The number of rotatable bonds is 4. The highest BCUT2D eigenvalue weighted by atomic mass is 32.2. The number of fused-ring (bicyclic) bond motifs is 1. The zero-order valence-electron chi connectivity index (χ0n) is 12.6. The molecule has 8 nitrogen and oxygen atoms in total. The smallest absolute Gasteiger partial charge is 0.481 e. The van der Waals surface area contributed by atoms with Crippen LogP contribution in [-0.4, -0.2) is 42.7 Å². The van der Waals surface area contributed by atoms with E-state index in [-0.39, 0.29) is 17.7 Å². The van der Waals surface area contributed by atoms with Gasteiger partial charge in [-0.3, -0.25) is 9.69 Å². The van der Waals surface area contributed by atoms with E-state index in [0.29, 0.717) is 4.90 Å². The molecule has 1 amide bonds. The van der Waals surface area contributed by atoms with Crippen LogP contribution in [0.3, 0.4) is 0 Å². The lowest BCUT2D eigenvalue weighted by Crippen LogP contribution is -2.41. The number of hydrogen-bond donors (Lipinski definition) is 2. The van der Waals surface area contributed by atoms with Gasteiger partial charge in [-0.25, -0.2) is 4.79 Å². The summed E-state index contributed by atoms with van der Waals surface area (Å²) in [6.07, 6.45) is -1.52. The number of halogens is 3. The third-order valence-electron chi connectivity index (χ3n) is 3.94. The Morgan fingerprint density at radius 2 is 1.92 bits per heavy atom. The highest BCUT2D eigenvalue weighted by Crippen LogP contribution is 2.45. The predicted molar refractivity (Wildman–Crippen MR) is 77.0 cm³/mol. The summed E-state index contributed by atoms with van der Waals surface area (Å²) in [5, 5.41) is 18.7. The van der Waals surface area contributed by atoms with E-state index in [1.807, 2.05) is 0 Å². The third-order valence-corrected chi connectivity index (χ3v) is 4.92. The van der Waals surface area contributed by atoms with Crippen LogP contribution in [-0.2, 0) is 20.3 Å². The molecule has 1 aromatic rings. The normalized spacial score (nSPS) is 20.2. The standard InChI is InChI=1S/C13H12F3NO7S/c1-2-12(10(18)19)6-17(11(20)21)9-5-7(3-4-8(9)12)24-25(22,23)13(14,15)16/h3-5H,2,6H2,1H3,(H,18,19)(H,20,21). The molecule has 0 aromatic heterocycles. The molecule has 1 aromatic carbocycles. The van der Waals surface area contributed by atoms with E-state index < -0.39 is 45.4 Å². The summed E-state index contributed by atoms with van der Waals surface area (Å²) in [6.45, 7) is 1.06. The van der Waals surface area contributed by atoms with Gasteiger partial charge in [-0.15, -0.1) is 0 Å². The second kappa shape index (κ2) is 5.79. The quantitative estimate of drug-likeness (QED) is 0.603. The van der Waals surface area contributed by atoms with Crippen molar-refractivity contribution in [1.82, 2.24) is 0 Å². The van der Waals surface area contributed by atoms with Gasteiger partial charge in [-0.1, -0.05) is 13.0 Å². The predicted octanol–water partition coefficient (Wildman–Crippen LogP) is 2.15. The molecule has 1 aliphatic rings. The van der Waals surface area contributed by atoms with Crippen LogP contribution >= 0.6 is 0 Å². The zero-order valence-corrected chi connectivity index (χ0v) is 13.4. The van der Waals surface area contributed by atoms with E-state index in [4.69, 9.17) is 0 Å². The Morgan fingerprint density at radius 3 is 2.36 bits per heavy atom. The molecule has 0 radical (unpaired) electrons. The SMILES string of the molecule is CCC1(C(=O)O)CN(C(=O)O)c2cc(OS(=O)(=O)C(F)(F)F)ccc21. The number of amides is 1. The molecule has 25 heavy (non-hydrogen) atoms. The lowest BCUT2D eigenvalue weighted by Gasteiger charge is -2.23. The largest absolute Gasteiger partial charge is 0.534 e. The van der Waals surface area contributed by atoms with Crippen molar-refractivity contribution in [2.45, 2.75) is 24.3 Å². The minimum Gasteiger partial charge on any atom is -0.481 e. The Morgan fingerprint density at radius 1 is 1.32 bits per heavy atom. The van der Waals surface area contributed by atoms with Crippen molar-refractivity contribution < 1.29 is 45.6 Å². The number of benzene rings is 1. The number of carboxylic acids is 1. The Balaban J connectivity index is 2.56. The van der Waals surface area contributed by atoms with Gasteiger partial charge in [0.2, 0.25) is 0 Å². The second-order valence-electron chi connectivity index (χ2n) is 5.27. The van der Waals surface area contributed by atoms with E-state index in [9.17, 15) is 41.4 Å². The van der Waals surface area contributed by atoms with Crippen LogP contribution in [0.1, 0.15) is 18.9 Å². The summed E-state index contributed by atoms with van der Waals surface area (Å²) in [5.74, 6) is -2.09. The van der Waals surface area contributed by atoms with Gasteiger partial charge in [0.15, 0.2) is 0 Å². The number of carbonyl (C=O) groups is 2. The fraction of sp³-hybridized carbons (Fsp3) is 0.385. The van der Waals surface area contributed by atoms with Crippen molar-refractivity contribution in [3.05, 3.63) is 23.8 Å². The van der Waals surface area contributed by atoms with Crippen LogP contribution in [0.15, 0.2) is 18.2 Å². The fourth-order valence-electron chi connectivity index (χ4n) is 2.61. The second-order valence-corrected chi connectivity index (χ2v) is 6.81. The molecule has 0 fully saturated rings. The van der Waals surface area contributed by atoms with Crippen molar-refractivity contribution in [3.8, 4) is 5.75 Å². The number of aliphatic carboxylic acids is 1. The van der Waals surface area contributed by atoms with Gasteiger partial charge in [0.25, 0.3) is 0 Å². The molecule has 2 N–H and O–H groups in total. The van der Waals surface area contributed by atoms with Crippen LogP contribution in [0.2, 0.25) is 0 Å². The molecule has 1 aliphatic heterocycles. The first kappa shape index (κ1) is 18.8. The Labute approximate surface area is 139 Å². The van der Waals surface area contributed by atoms with Crippen molar-refractivity contribution >= 4 is 27.9 Å². The zero-order chi connectivity index (χ0) is 19.2. The first-order valence-electron chi connectivity index (χ1n) is 6.75. The fourth-order valence-corrected chi connectivity index (χ4v) is 3.06. The minimum atomic E-state index is -5.94. The van der Waals surface area contributed by atoms with E-state index >= 15 is 0 Å². The maximum absolute atomic E-state index is 12.4. The maximum Gasteiger partial charge on any atom is 0.534 e. The topological polar surface area (TPSA) is 121 Å². The van der Waals surface area contributed by atoms with Crippen molar-refractivity contribution in [2.24, 2.45) is 0 Å². The summed E-state index contributed by atoms with van der Waals surface area (Å²) < 4.78 is 63.2. The number of carboxylic acid groups (broad SMARTS) is 2. The average Bonchev–Trinajstić information content (AvgIpc) is 2.81. The molecule has 2 rings (SSSR count). The van der Waals surface area contributed by atoms with Gasteiger partial charge in [-0.2, -0.15) is 21.6 Å². The molecule has 1 unspecified atom stereocenters. The molecule has 0 spiro atoms. The van der Waals surface area contributed by atoms with Crippen LogP contribution in [0.5, 0.6) is 5.75 Å². The van der Waals surface area contributed by atoms with Crippen molar-refractivity contribution in [1.29, 1.82) is 0 Å². The molecule has 0 saturated carbocycles. The molecule has 138 valence electrons. The molecule has 0 bridgehead atoms. The van der Waals surface area contributed by atoms with Crippen LogP contribution in [0.4, 0.5) is 23.7 Å². The van der Waals surface area contributed by atoms with Gasteiger partial charge < -0.3 is 14.4 Å². The van der Waals surface area contributed by atoms with Gasteiger partial charge in [0.05, 0.1) is 5.69 Å². The highest BCUT2D eigenvalue weighted by molar-refractivity contribution is 7.88. The summed E-state index contributed by atoms with van der Waals surface area (Å²) in [6, 6.07) is 2.66. The van der Waals surface area contributed by atoms with Crippen molar-refractivity contribution in [2.75, 3.05) is 11.4 Å². The monoisotopic (exact) mass is 383 g/mol. The maximum atomic E-state index is 12.4. The minimum absolute atomic E-state index is 0.0141. The van der Waals surface area contributed by atoms with Crippen LogP contribution in [0.25, 0.3) is 0 Å². The number of anilines is 1. The van der Waals surface area contributed by atoms with Gasteiger partial charge in [0, 0.05) is 12.6 Å². The van der Waals surface area contributed by atoms with E-state index in [0.717, 1.165) is 18.2 Å². The Bertz CT molecular complexity index is 837. The number of hydrogen-bond acceptors (Lipinski definition) is 5. The highest BCUT2D eigenvalue weighted by Gasteiger charge is 2.51. The van der Waals surface area contributed by atoms with E-state index in [2.05, 4.69) is 4.18 Å². The first-order chi connectivity index (χ1) is 11.4. The van der Waals surface area contributed by atoms with Crippen molar-refractivity contribution in [3.63, 3.8) is 0 Å². The van der Waals surface area contributed by atoms with Crippen LogP contribution in [0, 0.1) is 0 Å². The lowest BCUT2D eigenvalue weighted by molar-refractivity contribution is -0.143. The summed E-state index contributed by atoms with van der Waals surface area (Å²) in [7, 11) is -5.94. The third kappa shape index (κ3) is 2.97. The first-order valence-corrected chi connectivity index (χ1v) is 8.15. The summed E-state index contributed by atoms with van der Waals surface area (Å²) in [4.78, 5) is 23.6. The van der Waals surface area contributed by atoms with E-state index in [1.165, 1.54) is 6.92 Å². The molecule has 1 heterocycles. The van der Waals surface area contributed by atoms with Gasteiger partial charge >= 0.3 is 27.7 Å². The molecule has 0 saturated heterocycles. The number of alkyl halides is 3. The molecule has 12 heteroatoms. The lowest BCUT2D eigenvalue weighted by atomic mass is 9.80. The Hall–Kier alpha value is -2.50. The molecule has 1 atom stereocenters. The summed E-state index contributed by atoms with van der Waals surface area (Å²) >= 11 is 0. The van der Waals surface area contributed by atoms with Gasteiger partial charge in [-0.05, 0) is 18.1 Å². The number of nitrogens with zero attached hydrogens (tertiary/aromatic N) is 1. The average molecular weight is 383 g/mol. The molecule has 0 aliphatic carbocycles. The molecular formula is C13H12F3NO7S.